The third-order valence-corrected chi connectivity index (χ3v) is 4.89. The van der Waals surface area contributed by atoms with Crippen molar-refractivity contribution in [1.82, 2.24) is 10.2 Å². The van der Waals surface area contributed by atoms with Gasteiger partial charge in [-0.1, -0.05) is 28.9 Å². The van der Waals surface area contributed by atoms with E-state index in [1.54, 1.807) is 0 Å². The molecule has 1 aromatic rings. The van der Waals surface area contributed by atoms with Crippen LogP contribution < -0.4 is 10.2 Å². The maximum Gasteiger partial charge on any atom is 0.0426 e. The Bertz CT molecular complexity index is 461. The molecule has 1 N–H and O–H groups in total. The number of nitrogens with zero attached hydrogens (tertiary/aromatic N) is 2. The van der Waals surface area contributed by atoms with E-state index in [-0.39, 0.29) is 0 Å². The average Bonchev–Trinajstić information content (AvgIpc) is 2.94. The molecule has 4 heteroatoms. The Kier molecular flexibility index (Phi) is 6.08. The maximum atomic E-state index is 3.63. The van der Waals surface area contributed by atoms with Crippen molar-refractivity contribution >= 4 is 21.6 Å². The Hall–Kier alpha value is -0.580. The fraction of sp³-hybridized carbons (Fsp3) is 0.647. The summed E-state index contributed by atoms with van der Waals surface area (Å²) in [5.41, 5.74) is 2.79. The Morgan fingerprint density at radius 2 is 2.19 bits per heavy atom. The summed E-state index contributed by atoms with van der Waals surface area (Å²) < 4.78 is 1.16. The zero-order valence-corrected chi connectivity index (χ0v) is 15.3. The first-order valence-electron chi connectivity index (χ1n) is 7.97. The van der Waals surface area contributed by atoms with E-state index in [2.05, 4.69) is 77.2 Å². The van der Waals surface area contributed by atoms with E-state index in [0.29, 0.717) is 12.1 Å². The predicted octanol–water partition coefficient (Wildman–Crippen LogP) is 3.65. The average molecular weight is 354 g/mol. The van der Waals surface area contributed by atoms with Gasteiger partial charge in [0, 0.05) is 35.3 Å². The van der Waals surface area contributed by atoms with Crippen LogP contribution in [0.4, 0.5) is 5.69 Å². The smallest absolute Gasteiger partial charge is 0.0426 e. The van der Waals surface area contributed by atoms with E-state index in [0.717, 1.165) is 24.1 Å². The highest BCUT2D eigenvalue weighted by Gasteiger charge is 2.26. The third-order valence-electron chi connectivity index (χ3n) is 4.39. The first kappa shape index (κ1) is 16.8. The first-order valence-corrected chi connectivity index (χ1v) is 8.76. The molecular weight excluding hydrogens is 326 g/mol. The molecule has 3 nitrogen and oxygen atoms in total. The number of rotatable bonds is 6. The number of benzene rings is 1. The SMILES string of the molecule is CCCNC(C)c1ccc(Br)cc1N1CCC(N(C)C)C1. The van der Waals surface area contributed by atoms with Gasteiger partial charge in [-0.15, -0.1) is 0 Å². The zero-order valence-electron chi connectivity index (χ0n) is 13.7. The highest BCUT2D eigenvalue weighted by atomic mass is 79.9. The van der Waals surface area contributed by atoms with Gasteiger partial charge in [-0.25, -0.2) is 0 Å². The molecule has 0 bridgehead atoms. The minimum atomic E-state index is 0.395. The van der Waals surface area contributed by atoms with Crippen molar-refractivity contribution in [2.75, 3.05) is 38.6 Å². The number of nitrogens with one attached hydrogen (secondary N) is 1. The summed E-state index contributed by atoms with van der Waals surface area (Å²) >= 11 is 3.63. The van der Waals surface area contributed by atoms with Gasteiger partial charge in [-0.2, -0.15) is 0 Å². The second kappa shape index (κ2) is 7.61. The van der Waals surface area contributed by atoms with Gasteiger partial charge in [0.25, 0.3) is 0 Å². The molecule has 0 aromatic heterocycles. The van der Waals surface area contributed by atoms with Gasteiger partial charge in [0.1, 0.15) is 0 Å². The maximum absolute atomic E-state index is 3.63. The molecule has 1 heterocycles. The number of hydrogen-bond donors (Lipinski definition) is 1. The lowest BCUT2D eigenvalue weighted by Gasteiger charge is -2.27. The summed E-state index contributed by atoms with van der Waals surface area (Å²) in [6.45, 7) is 7.81. The van der Waals surface area contributed by atoms with Crippen LogP contribution in [0.2, 0.25) is 0 Å². The van der Waals surface area contributed by atoms with Crippen LogP contribution in [0.3, 0.4) is 0 Å². The Balaban J connectivity index is 2.19. The van der Waals surface area contributed by atoms with Gasteiger partial charge < -0.3 is 15.1 Å². The zero-order chi connectivity index (χ0) is 15.4. The fourth-order valence-electron chi connectivity index (χ4n) is 3.01. The number of hydrogen-bond acceptors (Lipinski definition) is 3. The highest BCUT2D eigenvalue weighted by molar-refractivity contribution is 9.10. The summed E-state index contributed by atoms with van der Waals surface area (Å²) in [4.78, 5) is 4.88. The molecule has 2 atom stereocenters. The largest absolute Gasteiger partial charge is 0.370 e. The quantitative estimate of drug-likeness (QED) is 0.841. The van der Waals surface area contributed by atoms with Crippen LogP contribution in [0.25, 0.3) is 0 Å². The predicted molar refractivity (Wildman–Crippen MR) is 95.2 cm³/mol. The molecule has 1 aliphatic rings. The summed E-state index contributed by atoms with van der Waals surface area (Å²) in [6, 6.07) is 7.75. The van der Waals surface area contributed by atoms with Crippen LogP contribution in [-0.2, 0) is 0 Å². The summed E-state index contributed by atoms with van der Waals surface area (Å²) in [6.07, 6.45) is 2.42. The molecule has 1 aromatic carbocycles. The molecule has 0 amide bonds. The van der Waals surface area contributed by atoms with Crippen molar-refractivity contribution in [3.8, 4) is 0 Å². The molecule has 1 aliphatic heterocycles. The summed E-state index contributed by atoms with van der Waals surface area (Å²) in [5, 5.41) is 3.61. The lowest BCUT2D eigenvalue weighted by Crippen LogP contribution is -2.32. The van der Waals surface area contributed by atoms with E-state index in [1.807, 2.05) is 0 Å². The van der Waals surface area contributed by atoms with Crippen LogP contribution in [0.5, 0.6) is 0 Å². The van der Waals surface area contributed by atoms with Crippen LogP contribution in [0, 0.1) is 0 Å². The van der Waals surface area contributed by atoms with Crippen molar-refractivity contribution in [3.05, 3.63) is 28.2 Å². The normalized spacial score (nSPS) is 20.3. The molecule has 1 saturated heterocycles. The van der Waals surface area contributed by atoms with Gasteiger partial charge in [0.2, 0.25) is 0 Å². The Morgan fingerprint density at radius 1 is 1.43 bits per heavy atom. The molecule has 1 fully saturated rings. The van der Waals surface area contributed by atoms with E-state index < -0.39 is 0 Å². The second-order valence-corrected chi connectivity index (χ2v) is 7.15. The molecule has 2 unspecified atom stereocenters. The van der Waals surface area contributed by atoms with Crippen LogP contribution in [0.15, 0.2) is 22.7 Å². The van der Waals surface area contributed by atoms with Crippen LogP contribution >= 0.6 is 15.9 Å². The number of anilines is 1. The van der Waals surface area contributed by atoms with E-state index in [1.165, 1.54) is 24.1 Å². The molecular formula is C17H28BrN3. The number of halogens is 1. The van der Waals surface area contributed by atoms with E-state index >= 15 is 0 Å². The third kappa shape index (κ3) is 4.21. The van der Waals surface area contributed by atoms with Gasteiger partial charge in [0.05, 0.1) is 0 Å². The van der Waals surface area contributed by atoms with Crippen molar-refractivity contribution < 1.29 is 0 Å². The minimum Gasteiger partial charge on any atom is -0.370 e. The lowest BCUT2D eigenvalue weighted by atomic mass is 10.1. The lowest BCUT2D eigenvalue weighted by molar-refractivity contribution is 0.315. The van der Waals surface area contributed by atoms with Crippen LogP contribution in [-0.4, -0.2) is 44.7 Å². The van der Waals surface area contributed by atoms with E-state index in [4.69, 9.17) is 0 Å². The van der Waals surface area contributed by atoms with E-state index in [9.17, 15) is 0 Å². The number of likely N-dealkylation sites (N-methyl/N-ethyl adjacent to an activating group) is 1. The first-order chi connectivity index (χ1) is 10.0. The molecule has 0 spiro atoms. The second-order valence-electron chi connectivity index (χ2n) is 6.23. The Labute approximate surface area is 137 Å². The molecule has 0 aliphatic carbocycles. The van der Waals surface area contributed by atoms with Crippen molar-refractivity contribution in [3.63, 3.8) is 0 Å². The van der Waals surface area contributed by atoms with Crippen LogP contribution in [0.1, 0.15) is 38.3 Å². The van der Waals surface area contributed by atoms with Gasteiger partial charge >= 0.3 is 0 Å². The van der Waals surface area contributed by atoms with Crippen molar-refractivity contribution in [1.29, 1.82) is 0 Å². The summed E-state index contributed by atoms with van der Waals surface area (Å²) in [5.74, 6) is 0. The molecule has 0 saturated carbocycles. The van der Waals surface area contributed by atoms with Gasteiger partial charge in [-0.3, -0.25) is 0 Å². The molecule has 2 rings (SSSR count). The minimum absolute atomic E-state index is 0.395. The molecule has 0 radical (unpaired) electrons. The molecule has 118 valence electrons. The fourth-order valence-corrected chi connectivity index (χ4v) is 3.36. The standard InChI is InChI=1S/C17H28BrN3/c1-5-9-19-13(2)16-7-6-14(18)11-17(16)21-10-8-15(12-21)20(3)4/h6-7,11,13,15,19H,5,8-10,12H2,1-4H3. The molecule has 21 heavy (non-hydrogen) atoms. The summed E-state index contributed by atoms with van der Waals surface area (Å²) in [7, 11) is 4.36. The monoisotopic (exact) mass is 353 g/mol. The topological polar surface area (TPSA) is 18.5 Å². The van der Waals surface area contributed by atoms with Crippen molar-refractivity contribution in [2.24, 2.45) is 0 Å². The van der Waals surface area contributed by atoms with Crippen molar-refractivity contribution in [2.45, 2.75) is 38.8 Å². The van der Waals surface area contributed by atoms with Gasteiger partial charge in [0.15, 0.2) is 0 Å². The van der Waals surface area contributed by atoms with Gasteiger partial charge in [-0.05, 0) is 58.1 Å². The Morgan fingerprint density at radius 3 is 2.81 bits per heavy atom. The highest BCUT2D eigenvalue weighted by Crippen LogP contribution is 2.32.